The molecule has 11 atom stereocenters. The van der Waals surface area contributed by atoms with Gasteiger partial charge < -0.3 is 56.3 Å². The molecule has 0 aromatic heterocycles. The van der Waals surface area contributed by atoms with Gasteiger partial charge in [0, 0.05) is 85.5 Å². The monoisotopic (exact) mass is 1260 g/mol. The summed E-state index contributed by atoms with van der Waals surface area (Å²) in [6.07, 6.45) is 33.9. The maximum atomic E-state index is 14.3. The third-order valence-electron chi connectivity index (χ3n) is 22.5. The number of nitrogens with two attached hydrogens (primary N) is 3. The second-order valence-corrected chi connectivity index (χ2v) is 28.5. The molecule has 15 heteroatoms. The molecule has 4 fully saturated rings. The molecular weight excluding hydrogens is 1140 g/mol. The van der Waals surface area contributed by atoms with Crippen LogP contribution in [0.1, 0.15) is 241 Å². The van der Waals surface area contributed by atoms with Crippen LogP contribution in [0.2, 0.25) is 0 Å². The Kier molecular flexibility index (Phi) is 28.5. The number of phenols is 1. The van der Waals surface area contributed by atoms with Gasteiger partial charge in [-0.15, -0.1) is 0 Å². The van der Waals surface area contributed by atoms with Crippen molar-refractivity contribution in [3.8, 4) is 28.2 Å². The van der Waals surface area contributed by atoms with E-state index in [1.807, 2.05) is 0 Å². The summed E-state index contributed by atoms with van der Waals surface area (Å²) in [5.74, 6) is 1.79. The Hall–Kier alpha value is -4.90. The number of fused-ring (bicyclic) bond motifs is 7. The van der Waals surface area contributed by atoms with E-state index in [0.717, 1.165) is 96.7 Å². The highest BCUT2D eigenvalue weighted by molar-refractivity contribution is 6.09. The van der Waals surface area contributed by atoms with Gasteiger partial charge >= 0.3 is 5.97 Å². The number of carboxylic acid groups (broad SMARTS) is 1. The highest BCUT2D eigenvalue weighted by atomic mass is 16.5. The molecule has 6 aliphatic rings. The summed E-state index contributed by atoms with van der Waals surface area (Å²) >= 11 is 0. The second kappa shape index (κ2) is 36.1. The Morgan fingerprint density at radius 2 is 1.34 bits per heavy atom. The van der Waals surface area contributed by atoms with Crippen LogP contribution in [-0.2, 0) is 19.0 Å². The fraction of sp³-hybridized carbons (Fsp3) is 0.711. The van der Waals surface area contributed by atoms with Crippen LogP contribution < -0.4 is 27.9 Å². The third kappa shape index (κ3) is 18.7. The number of unbranched alkanes of at least 4 members (excludes halogenated alkanes) is 15. The van der Waals surface area contributed by atoms with Crippen molar-refractivity contribution in [1.29, 1.82) is 0 Å². The Labute approximate surface area is 545 Å². The molecule has 8 rings (SSSR count). The van der Waals surface area contributed by atoms with Crippen molar-refractivity contribution >= 4 is 28.8 Å². The molecule has 1 aliphatic heterocycles. The molecule has 91 heavy (non-hydrogen) atoms. The Bertz CT molecular complexity index is 2920. The number of amides is 2. The number of benzene rings is 3. The van der Waals surface area contributed by atoms with Crippen LogP contribution in [0.15, 0.2) is 63.8 Å². The molecular formula is C76H117N5O10. The number of aromatic carboxylic acids is 1. The van der Waals surface area contributed by atoms with Crippen molar-refractivity contribution in [3.63, 3.8) is 0 Å². The van der Waals surface area contributed by atoms with Crippen LogP contribution in [0.25, 0.3) is 33.4 Å². The van der Waals surface area contributed by atoms with E-state index >= 15 is 0 Å². The molecule has 4 saturated carbocycles. The second-order valence-electron chi connectivity index (χ2n) is 28.5. The van der Waals surface area contributed by atoms with E-state index in [1.165, 1.54) is 127 Å². The number of aromatic hydroxyl groups is 1. The lowest BCUT2D eigenvalue weighted by Gasteiger charge is -2.65. The zero-order valence-electron chi connectivity index (χ0n) is 56.3. The largest absolute Gasteiger partial charge is 0.508 e. The molecule has 2 amide bonds. The molecule has 9 N–H and O–H groups in total. The van der Waals surface area contributed by atoms with Gasteiger partial charge in [0.2, 0.25) is 5.91 Å². The van der Waals surface area contributed by atoms with E-state index in [2.05, 4.69) is 37.9 Å². The van der Waals surface area contributed by atoms with Gasteiger partial charge in [0.15, 0.2) is 5.43 Å². The molecule has 0 radical (unpaired) electrons. The zero-order chi connectivity index (χ0) is 64.8. The van der Waals surface area contributed by atoms with Crippen molar-refractivity contribution in [2.24, 2.45) is 63.5 Å². The van der Waals surface area contributed by atoms with Crippen molar-refractivity contribution in [2.45, 2.75) is 239 Å². The number of phenolic OH excluding ortho intramolecular Hbond substituents is 1. The highest BCUT2D eigenvalue weighted by Crippen LogP contribution is 2.69. The Morgan fingerprint density at radius 3 is 2.03 bits per heavy atom. The molecule has 2 aromatic carbocycles. The normalized spacial score (nSPS) is 24.9. The van der Waals surface area contributed by atoms with Crippen LogP contribution in [0, 0.1) is 46.3 Å². The van der Waals surface area contributed by atoms with E-state index in [4.69, 9.17) is 35.8 Å². The Morgan fingerprint density at radius 1 is 0.692 bits per heavy atom. The standard InChI is InChI=1S/C76H117N5O10/c1-5-6-7-8-9-10-11-12-13-14-15-16-17-21-42-81(70(84)27-19-18-20-41-80-73(85)54-28-31-59(62(47-54)74(86)87)71-60-32-29-56(82)50-66(60)91-67-51-57(83)30-33-61(67)71)43-22-26-53(2)63-34-35-64-72-65(52-69(76(63,64)4)90-46-25-40-79)75(3)37-36-58(88-44-23-38-77)48-55(75)49-68(72)89-45-24-39-78/h28-33,47,50-51,53,55,58,63-65,68-69,72,82H,5-27,34-46,48-49,52,77-79H2,1-4H3,(H,80,85)(H,86,87)/t53-,55?,58-,63?,64?,65+,68-,69+,72?,75?,76?/m1/s1. The molecule has 1 heterocycles. The lowest BCUT2D eigenvalue weighted by Crippen LogP contribution is -2.63. The number of hydrogen-bond donors (Lipinski definition) is 6. The lowest BCUT2D eigenvalue weighted by molar-refractivity contribution is -0.227. The van der Waals surface area contributed by atoms with Crippen LogP contribution in [0.4, 0.5) is 0 Å². The molecule has 506 valence electrons. The maximum Gasteiger partial charge on any atom is 0.336 e. The average Bonchev–Trinajstić information content (AvgIpc) is 1.68. The molecule has 5 aliphatic carbocycles. The predicted octanol–water partition coefficient (Wildman–Crippen LogP) is 15.1. The van der Waals surface area contributed by atoms with Crippen LogP contribution >= 0.6 is 0 Å². The number of ether oxygens (including phenoxy) is 3. The minimum Gasteiger partial charge on any atom is -0.508 e. The molecule has 0 bridgehead atoms. The number of nitrogens with one attached hydrogen (secondary N) is 1. The number of carbonyl (C=O) groups excluding carboxylic acids is 2. The van der Waals surface area contributed by atoms with Gasteiger partial charge in [0.05, 0.1) is 23.9 Å². The molecule has 2 aromatic rings. The van der Waals surface area contributed by atoms with Crippen molar-refractivity contribution in [1.82, 2.24) is 10.2 Å². The van der Waals surface area contributed by atoms with Crippen molar-refractivity contribution in [3.05, 3.63) is 75.9 Å². The first-order valence-electron chi connectivity index (χ1n) is 36.2. The van der Waals surface area contributed by atoms with Crippen LogP contribution in [0.3, 0.4) is 0 Å². The van der Waals surface area contributed by atoms with Gasteiger partial charge in [-0.05, 0) is 199 Å². The fourth-order valence-electron chi connectivity index (χ4n) is 17.5. The molecule has 15 nitrogen and oxygen atoms in total. The van der Waals surface area contributed by atoms with Crippen LogP contribution in [0.5, 0.6) is 5.75 Å². The first-order chi connectivity index (χ1) is 44.2. The number of rotatable bonds is 41. The van der Waals surface area contributed by atoms with Gasteiger partial charge in [0.25, 0.3) is 5.91 Å². The van der Waals surface area contributed by atoms with E-state index < -0.39 is 11.9 Å². The third-order valence-corrected chi connectivity index (χ3v) is 22.5. The topological polar surface area (TPSA) is 243 Å². The quantitative estimate of drug-likeness (QED) is 0.0179. The number of hydrogen-bond acceptors (Lipinski definition) is 12. The van der Waals surface area contributed by atoms with E-state index in [9.17, 15) is 29.4 Å². The summed E-state index contributed by atoms with van der Waals surface area (Å²) in [5.41, 5.74) is 19.8. The number of carboxylic acids is 1. The van der Waals surface area contributed by atoms with Gasteiger partial charge in [0.1, 0.15) is 17.1 Å². The van der Waals surface area contributed by atoms with Gasteiger partial charge in [-0.25, -0.2) is 4.79 Å². The zero-order valence-corrected chi connectivity index (χ0v) is 56.3. The van der Waals surface area contributed by atoms with Crippen LogP contribution in [-0.4, -0.2) is 110 Å². The summed E-state index contributed by atoms with van der Waals surface area (Å²) in [4.78, 5) is 55.3. The SMILES string of the molecule is CCCCCCCCCCCCCCCCN(CCC[C@@H](C)C1CCC2C3[C@H](OCCCN)CC4C[C@H](OCCCN)CCC4(C)[C@H]3C[C@H](OCCCN)C21C)C(=O)CCCCCNC(=O)c1ccc(-c2c3ccc(=O)cc-3oc3cc(O)ccc23)c(C(=O)O)c1. The fourth-order valence-corrected chi connectivity index (χ4v) is 17.5. The predicted molar refractivity (Wildman–Crippen MR) is 365 cm³/mol. The minimum absolute atomic E-state index is 0.00511. The Balaban J connectivity index is 0.876. The van der Waals surface area contributed by atoms with E-state index in [1.54, 1.807) is 24.3 Å². The summed E-state index contributed by atoms with van der Waals surface area (Å²) in [7, 11) is 0. The van der Waals surface area contributed by atoms with Gasteiger partial charge in [-0.2, -0.15) is 0 Å². The van der Waals surface area contributed by atoms with Gasteiger partial charge in [-0.1, -0.05) is 124 Å². The number of carbonyl (C=O) groups is 3. The van der Waals surface area contributed by atoms with Crippen molar-refractivity contribution in [2.75, 3.05) is 59.1 Å². The smallest absolute Gasteiger partial charge is 0.336 e. The van der Waals surface area contributed by atoms with E-state index in [-0.39, 0.29) is 68.7 Å². The first kappa shape index (κ1) is 71.9. The molecule has 6 unspecified atom stereocenters. The van der Waals surface area contributed by atoms with E-state index in [0.29, 0.717) is 116 Å². The van der Waals surface area contributed by atoms with Gasteiger partial charge in [-0.3, -0.25) is 14.4 Å². The highest BCUT2D eigenvalue weighted by Gasteiger charge is 2.66. The van der Waals surface area contributed by atoms with Crippen molar-refractivity contribution < 1.29 is 43.2 Å². The average molecular weight is 1260 g/mol. The molecule has 0 saturated heterocycles. The summed E-state index contributed by atoms with van der Waals surface area (Å²) in [6.45, 7) is 15.9. The maximum absolute atomic E-state index is 14.3. The minimum atomic E-state index is -1.22. The first-order valence-corrected chi connectivity index (χ1v) is 36.2. The molecule has 0 spiro atoms. The summed E-state index contributed by atoms with van der Waals surface area (Å²) in [6, 6.07) is 13.5. The lowest BCUT2D eigenvalue weighted by atomic mass is 9.43. The summed E-state index contributed by atoms with van der Waals surface area (Å²) in [5, 5.41) is 24.3. The number of nitrogens with zero attached hydrogens (tertiary/aromatic N) is 1. The summed E-state index contributed by atoms with van der Waals surface area (Å²) < 4.78 is 26.7.